The van der Waals surface area contributed by atoms with Crippen molar-refractivity contribution in [3.05, 3.63) is 0 Å². The minimum absolute atomic E-state index is 1.25. The third-order valence-electron chi connectivity index (χ3n) is 1.90. The number of nitrogens with zero attached hydrogens (tertiary/aromatic N) is 1. The van der Waals surface area contributed by atoms with Crippen LogP contribution >= 0.6 is 0 Å². The van der Waals surface area contributed by atoms with Crippen LogP contribution in [0.1, 0.15) is 26.2 Å². The Morgan fingerprint density at radius 3 is 1.90 bits per heavy atom. The van der Waals surface area contributed by atoms with E-state index in [0.717, 1.165) is 0 Å². The number of hydrogen-bond donors (Lipinski definition) is 2. The normalized spacial score (nSPS) is 19.5. The van der Waals surface area contributed by atoms with Crippen LogP contribution in [0.3, 0.4) is 0 Å². The molecule has 0 aromatic heterocycles. The first-order chi connectivity index (χ1) is 4.93. The largest absolute Gasteiger partial charge is 0.304 e. The second-order valence-corrected chi connectivity index (χ2v) is 2.49. The molecule has 0 spiro atoms. The molecule has 0 aromatic carbocycles. The van der Waals surface area contributed by atoms with Crippen LogP contribution in [0.5, 0.6) is 0 Å². The van der Waals surface area contributed by atoms with Crippen LogP contribution in [-0.4, -0.2) is 24.5 Å². The van der Waals surface area contributed by atoms with E-state index in [0.29, 0.717) is 0 Å². The van der Waals surface area contributed by atoms with Crippen LogP contribution in [0.25, 0.3) is 0 Å². The second-order valence-electron chi connectivity index (χ2n) is 2.49. The summed E-state index contributed by atoms with van der Waals surface area (Å²) >= 11 is 0. The van der Waals surface area contributed by atoms with Crippen molar-refractivity contribution < 1.29 is 0 Å². The van der Waals surface area contributed by atoms with Crippen molar-refractivity contribution in [2.75, 3.05) is 19.6 Å². The van der Waals surface area contributed by atoms with E-state index in [1.165, 1.54) is 38.9 Å². The zero-order valence-electron chi connectivity index (χ0n) is 6.84. The molecule has 1 aliphatic rings. The lowest BCUT2D eigenvalue weighted by molar-refractivity contribution is 0.240. The molecule has 0 bridgehead atoms. The van der Waals surface area contributed by atoms with Gasteiger partial charge in [0.2, 0.25) is 0 Å². The summed E-state index contributed by atoms with van der Waals surface area (Å²) in [6.07, 6.45) is 4.30. The fourth-order valence-corrected chi connectivity index (χ4v) is 1.28. The zero-order valence-corrected chi connectivity index (χ0v) is 6.84. The number of hydrogen-bond acceptors (Lipinski definition) is 3. The molecule has 10 heavy (non-hydrogen) atoms. The van der Waals surface area contributed by atoms with Crippen LogP contribution in [0.4, 0.5) is 0 Å². The molecule has 1 rings (SSSR count). The summed E-state index contributed by atoms with van der Waals surface area (Å²) in [6, 6.07) is 0. The van der Waals surface area contributed by atoms with E-state index in [1.54, 1.807) is 0 Å². The Balaban J connectivity index is 0.000000371. The number of nitrogens with two attached hydrogens (primary N) is 2. The molecular formula is C7H19N3. The minimum Gasteiger partial charge on any atom is -0.304 e. The number of likely N-dealkylation sites (tertiary alicyclic amines) is 1. The highest BCUT2D eigenvalue weighted by atomic mass is 15.1. The molecule has 62 valence electrons. The Labute approximate surface area is 63.3 Å². The molecule has 1 fully saturated rings. The summed E-state index contributed by atoms with van der Waals surface area (Å²) in [5, 5.41) is 0. The van der Waals surface area contributed by atoms with Crippen molar-refractivity contribution in [3.8, 4) is 0 Å². The summed E-state index contributed by atoms with van der Waals surface area (Å²) in [4.78, 5) is 2.52. The molecule has 1 saturated heterocycles. The fraction of sp³-hybridized carbons (Fsp3) is 1.00. The number of rotatable bonds is 1. The predicted octanol–water partition coefficient (Wildman–Crippen LogP) is 0.311. The summed E-state index contributed by atoms with van der Waals surface area (Å²) in [7, 11) is 0. The monoisotopic (exact) mass is 145 g/mol. The molecule has 3 nitrogen and oxygen atoms in total. The Bertz CT molecular complexity index is 59.9. The smallest absolute Gasteiger partial charge is 0.00188 e. The van der Waals surface area contributed by atoms with Crippen molar-refractivity contribution in [2.45, 2.75) is 26.2 Å². The lowest BCUT2D eigenvalue weighted by Gasteiger charge is -2.24. The van der Waals surface area contributed by atoms with Gasteiger partial charge < -0.3 is 4.90 Å². The topological polar surface area (TPSA) is 55.3 Å². The lowest BCUT2D eigenvalue weighted by atomic mass is 10.1. The van der Waals surface area contributed by atoms with E-state index in [2.05, 4.69) is 23.5 Å². The average molecular weight is 145 g/mol. The van der Waals surface area contributed by atoms with Gasteiger partial charge in [0.05, 0.1) is 0 Å². The molecule has 0 aromatic rings. The van der Waals surface area contributed by atoms with Gasteiger partial charge in [0.15, 0.2) is 0 Å². The minimum atomic E-state index is 1.25. The highest BCUT2D eigenvalue weighted by Crippen LogP contribution is 2.06. The molecule has 0 atom stereocenters. The van der Waals surface area contributed by atoms with Gasteiger partial charge in [0.25, 0.3) is 0 Å². The maximum absolute atomic E-state index is 4.00. The van der Waals surface area contributed by atoms with E-state index in [-0.39, 0.29) is 0 Å². The molecule has 0 unspecified atom stereocenters. The quantitative estimate of drug-likeness (QED) is 0.412. The van der Waals surface area contributed by atoms with Crippen LogP contribution in [-0.2, 0) is 0 Å². The molecule has 0 saturated carbocycles. The summed E-state index contributed by atoms with van der Waals surface area (Å²) in [5.74, 6) is 8.00. The first kappa shape index (κ1) is 9.88. The van der Waals surface area contributed by atoms with E-state index in [9.17, 15) is 0 Å². The standard InChI is InChI=1S/C7H15N.H4N2/c1-2-8-6-4-3-5-7-8;1-2/h2-7H2,1H3;1-2H2. The van der Waals surface area contributed by atoms with Gasteiger partial charge in [-0.05, 0) is 32.5 Å². The lowest BCUT2D eigenvalue weighted by Crippen LogP contribution is -2.29. The molecular weight excluding hydrogens is 126 g/mol. The molecule has 4 N–H and O–H groups in total. The third-order valence-corrected chi connectivity index (χ3v) is 1.90. The van der Waals surface area contributed by atoms with Crippen LogP contribution < -0.4 is 11.7 Å². The first-order valence-corrected chi connectivity index (χ1v) is 3.99. The maximum Gasteiger partial charge on any atom is -0.00188 e. The van der Waals surface area contributed by atoms with Gasteiger partial charge in [-0.3, -0.25) is 11.7 Å². The predicted molar refractivity (Wildman–Crippen MR) is 44.3 cm³/mol. The van der Waals surface area contributed by atoms with Crippen molar-refractivity contribution in [1.29, 1.82) is 0 Å². The molecule has 3 heteroatoms. The van der Waals surface area contributed by atoms with E-state index in [1.807, 2.05) is 0 Å². The van der Waals surface area contributed by atoms with Gasteiger partial charge in [-0.2, -0.15) is 0 Å². The Kier molecular flexibility index (Phi) is 6.91. The summed E-state index contributed by atoms with van der Waals surface area (Å²) < 4.78 is 0. The molecule has 1 heterocycles. The highest BCUT2D eigenvalue weighted by Gasteiger charge is 2.05. The van der Waals surface area contributed by atoms with Crippen molar-refractivity contribution in [3.63, 3.8) is 0 Å². The summed E-state index contributed by atoms with van der Waals surface area (Å²) in [5.41, 5.74) is 0. The fourth-order valence-electron chi connectivity index (χ4n) is 1.28. The highest BCUT2D eigenvalue weighted by molar-refractivity contribution is 4.61. The molecule has 0 aliphatic carbocycles. The van der Waals surface area contributed by atoms with Gasteiger partial charge in [-0.1, -0.05) is 13.3 Å². The van der Waals surface area contributed by atoms with Gasteiger partial charge in [-0.15, -0.1) is 0 Å². The third kappa shape index (κ3) is 3.82. The second kappa shape index (κ2) is 6.99. The van der Waals surface area contributed by atoms with Gasteiger partial charge in [-0.25, -0.2) is 0 Å². The zero-order chi connectivity index (χ0) is 7.82. The van der Waals surface area contributed by atoms with Crippen molar-refractivity contribution in [2.24, 2.45) is 11.7 Å². The van der Waals surface area contributed by atoms with Gasteiger partial charge in [0.1, 0.15) is 0 Å². The first-order valence-electron chi connectivity index (χ1n) is 3.99. The van der Waals surface area contributed by atoms with Crippen molar-refractivity contribution >= 4 is 0 Å². The van der Waals surface area contributed by atoms with E-state index in [4.69, 9.17) is 0 Å². The maximum atomic E-state index is 4.00. The van der Waals surface area contributed by atoms with Crippen LogP contribution in [0, 0.1) is 0 Å². The average Bonchev–Trinajstić information content (AvgIpc) is 2.10. The number of piperidine rings is 1. The summed E-state index contributed by atoms with van der Waals surface area (Å²) in [6.45, 7) is 6.18. The number of hydrazine groups is 1. The van der Waals surface area contributed by atoms with E-state index < -0.39 is 0 Å². The Hall–Kier alpha value is -0.120. The van der Waals surface area contributed by atoms with Crippen LogP contribution in [0.2, 0.25) is 0 Å². The van der Waals surface area contributed by atoms with E-state index >= 15 is 0 Å². The van der Waals surface area contributed by atoms with Gasteiger partial charge >= 0.3 is 0 Å². The Morgan fingerprint density at radius 2 is 1.60 bits per heavy atom. The Morgan fingerprint density at radius 1 is 1.10 bits per heavy atom. The molecule has 0 amide bonds. The SMILES string of the molecule is CCN1CCCCC1.NN. The molecule has 0 radical (unpaired) electrons. The molecule has 1 aliphatic heterocycles. The van der Waals surface area contributed by atoms with Gasteiger partial charge in [0, 0.05) is 0 Å². The van der Waals surface area contributed by atoms with Crippen molar-refractivity contribution in [1.82, 2.24) is 4.90 Å². The van der Waals surface area contributed by atoms with Crippen LogP contribution in [0.15, 0.2) is 0 Å².